The standard InChI is InChI=1S/C20H28O5/c1-11(21)6-12(17-13(22)7-19(2,3)8-14(17)23)18-15(24)9-20(4,5)10-16(18)25/h12,22,24H,6-10H2,1-5H3. The fraction of sp³-hybridized carbons (Fsp3) is 0.650. The van der Waals surface area contributed by atoms with E-state index in [0.29, 0.717) is 12.8 Å². The van der Waals surface area contributed by atoms with E-state index >= 15 is 0 Å². The first-order chi connectivity index (χ1) is 11.3. The third-order valence-electron chi connectivity index (χ3n) is 4.98. The summed E-state index contributed by atoms with van der Waals surface area (Å²) >= 11 is 0. The summed E-state index contributed by atoms with van der Waals surface area (Å²) in [4.78, 5) is 37.2. The first-order valence-corrected chi connectivity index (χ1v) is 8.73. The highest BCUT2D eigenvalue weighted by molar-refractivity contribution is 6.04. The number of rotatable bonds is 4. The molecular formula is C20H28O5. The minimum Gasteiger partial charge on any atom is -0.512 e. The van der Waals surface area contributed by atoms with Gasteiger partial charge in [-0.05, 0) is 17.8 Å². The lowest BCUT2D eigenvalue weighted by atomic mass is 9.67. The van der Waals surface area contributed by atoms with Gasteiger partial charge in [0, 0.05) is 49.2 Å². The van der Waals surface area contributed by atoms with Gasteiger partial charge in [-0.2, -0.15) is 0 Å². The Hall–Kier alpha value is -1.91. The van der Waals surface area contributed by atoms with Crippen molar-refractivity contribution in [2.45, 2.75) is 66.7 Å². The Labute approximate surface area is 148 Å². The van der Waals surface area contributed by atoms with Crippen LogP contribution < -0.4 is 0 Å². The summed E-state index contributed by atoms with van der Waals surface area (Å²) < 4.78 is 0. The second-order valence-corrected chi connectivity index (χ2v) is 9.06. The first-order valence-electron chi connectivity index (χ1n) is 8.73. The molecule has 25 heavy (non-hydrogen) atoms. The number of hydrogen-bond acceptors (Lipinski definition) is 5. The molecule has 0 aromatic rings. The van der Waals surface area contributed by atoms with Gasteiger partial charge >= 0.3 is 0 Å². The minimum atomic E-state index is -0.857. The predicted molar refractivity (Wildman–Crippen MR) is 94.1 cm³/mol. The lowest BCUT2D eigenvalue weighted by Gasteiger charge is -2.36. The molecule has 2 N–H and O–H groups in total. The van der Waals surface area contributed by atoms with Crippen LogP contribution in [-0.4, -0.2) is 27.6 Å². The van der Waals surface area contributed by atoms with Crippen molar-refractivity contribution in [3.8, 4) is 0 Å². The molecule has 0 heterocycles. The van der Waals surface area contributed by atoms with E-state index in [1.54, 1.807) is 0 Å². The van der Waals surface area contributed by atoms with Crippen molar-refractivity contribution >= 4 is 17.3 Å². The topological polar surface area (TPSA) is 91.7 Å². The SMILES string of the molecule is CC(=O)CC(C1=C(O)CC(C)(C)CC1=O)C1=C(O)CC(C)(C)CC1=O. The van der Waals surface area contributed by atoms with Gasteiger partial charge in [-0.25, -0.2) is 0 Å². The van der Waals surface area contributed by atoms with Crippen molar-refractivity contribution in [1.82, 2.24) is 0 Å². The lowest BCUT2D eigenvalue weighted by Crippen LogP contribution is -2.35. The number of allylic oxidation sites excluding steroid dienone is 4. The highest BCUT2D eigenvalue weighted by Gasteiger charge is 2.43. The van der Waals surface area contributed by atoms with Crippen LogP contribution in [0, 0.1) is 16.7 Å². The van der Waals surface area contributed by atoms with Gasteiger partial charge in [0.15, 0.2) is 11.6 Å². The Bertz CT molecular complexity index is 639. The molecule has 0 aliphatic heterocycles. The van der Waals surface area contributed by atoms with Crippen LogP contribution in [0.15, 0.2) is 22.7 Å². The van der Waals surface area contributed by atoms with Gasteiger partial charge in [-0.3, -0.25) is 14.4 Å². The third kappa shape index (κ3) is 4.20. The molecule has 0 spiro atoms. The molecule has 0 fully saturated rings. The van der Waals surface area contributed by atoms with Crippen LogP contribution in [0.1, 0.15) is 66.7 Å². The maximum absolute atomic E-state index is 12.7. The van der Waals surface area contributed by atoms with Gasteiger partial charge < -0.3 is 10.2 Å². The third-order valence-corrected chi connectivity index (χ3v) is 4.98. The van der Waals surface area contributed by atoms with Crippen molar-refractivity contribution in [1.29, 1.82) is 0 Å². The molecule has 0 radical (unpaired) electrons. The van der Waals surface area contributed by atoms with E-state index in [2.05, 4.69) is 0 Å². The van der Waals surface area contributed by atoms with Crippen molar-refractivity contribution in [3.05, 3.63) is 22.7 Å². The number of hydrogen-bond donors (Lipinski definition) is 2. The molecule has 0 saturated carbocycles. The largest absolute Gasteiger partial charge is 0.512 e. The van der Waals surface area contributed by atoms with Crippen LogP contribution in [0.5, 0.6) is 0 Å². The molecule has 0 unspecified atom stereocenters. The molecule has 0 atom stereocenters. The summed E-state index contributed by atoms with van der Waals surface area (Å²) in [6.07, 6.45) is 1.05. The number of carbonyl (C=O) groups excluding carboxylic acids is 3. The van der Waals surface area contributed by atoms with Gasteiger partial charge in [0.25, 0.3) is 0 Å². The number of Topliss-reactive ketones (excluding diaryl/α,β-unsaturated/α-hetero) is 3. The Morgan fingerprint density at radius 1 is 0.880 bits per heavy atom. The van der Waals surface area contributed by atoms with Crippen molar-refractivity contribution < 1.29 is 24.6 Å². The van der Waals surface area contributed by atoms with Crippen molar-refractivity contribution in [2.24, 2.45) is 16.7 Å². The van der Waals surface area contributed by atoms with Crippen LogP contribution >= 0.6 is 0 Å². The quantitative estimate of drug-likeness (QED) is 0.801. The number of aliphatic hydroxyl groups is 2. The van der Waals surface area contributed by atoms with Crippen molar-refractivity contribution in [2.75, 3.05) is 0 Å². The molecule has 2 rings (SSSR count). The molecule has 0 amide bonds. The zero-order valence-corrected chi connectivity index (χ0v) is 15.7. The molecule has 0 bridgehead atoms. The Morgan fingerprint density at radius 2 is 1.24 bits per heavy atom. The lowest BCUT2D eigenvalue weighted by molar-refractivity contribution is -0.120. The fourth-order valence-electron chi connectivity index (χ4n) is 4.03. The predicted octanol–water partition coefficient (Wildman–Crippen LogP) is 3.98. The Kier molecular flexibility index (Phi) is 4.99. The summed E-state index contributed by atoms with van der Waals surface area (Å²) in [7, 11) is 0. The average Bonchev–Trinajstić information content (AvgIpc) is 2.32. The number of ketones is 3. The maximum atomic E-state index is 12.7. The van der Waals surface area contributed by atoms with Crippen LogP contribution in [0.25, 0.3) is 0 Å². The molecule has 2 aliphatic rings. The summed E-state index contributed by atoms with van der Waals surface area (Å²) in [5.41, 5.74) is -0.464. The highest BCUT2D eigenvalue weighted by Crippen LogP contribution is 2.45. The zero-order chi connectivity index (χ0) is 19.2. The molecule has 5 nitrogen and oxygen atoms in total. The normalized spacial score (nSPS) is 23.4. The molecule has 0 aromatic heterocycles. The minimum absolute atomic E-state index is 0.0644. The van der Waals surface area contributed by atoms with Crippen molar-refractivity contribution in [3.63, 3.8) is 0 Å². The van der Waals surface area contributed by atoms with Crippen LogP contribution in [0.4, 0.5) is 0 Å². The molecule has 2 aliphatic carbocycles. The maximum Gasteiger partial charge on any atom is 0.163 e. The van der Waals surface area contributed by atoms with E-state index in [9.17, 15) is 24.6 Å². The highest BCUT2D eigenvalue weighted by atomic mass is 16.3. The average molecular weight is 348 g/mol. The molecule has 0 aromatic carbocycles. The van der Waals surface area contributed by atoms with E-state index in [-0.39, 0.29) is 70.1 Å². The van der Waals surface area contributed by atoms with E-state index in [4.69, 9.17) is 0 Å². The van der Waals surface area contributed by atoms with E-state index in [1.165, 1.54) is 6.92 Å². The van der Waals surface area contributed by atoms with Gasteiger partial charge in [-0.15, -0.1) is 0 Å². The van der Waals surface area contributed by atoms with Gasteiger partial charge in [0.2, 0.25) is 0 Å². The Morgan fingerprint density at radius 3 is 1.52 bits per heavy atom. The summed E-state index contributed by atoms with van der Waals surface area (Å²) in [6, 6.07) is 0. The zero-order valence-electron chi connectivity index (χ0n) is 15.7. The second-order valence-electron chi connectivity index (χ2n) is 9.06. The monoisotopic (exact) mass is 348 g/mol. The first kappa shape index (κ1) is 19.4. The molecule has 5 heteroatoms. The van der Waals surface area contributed by atoms with E-state index in [1.807, 2.05) is 27.7 Å². The number of carbonyl (C=O) groups is 3. The van der Waals surface area contributed by atoms with Gasteiger partial charge in [0.1, 0.15) is 17.3 Å². The summed E-state index contributed by atoms with van der Waals surface area (Å²) in [5.74, 6) is -1.68. The van der Waals surface area contributed by atoms with Crippen LogP contribution in [0.3, 0.4) is 0 Å². The van der Waals surface area contributed by atoms with E-state index in [0.717, 1.165) is 0 Å². The Balaban J connectivity index is 2.56. The molecular weight excluding hydrogens is 320 g/mol. The number of aliphatic hydroxyl groups excluding tert-OH is 2. The molecule has 138 valence electrons. The summed E-state index contributed by atoms with van der Waals surface area (Å²) in [5, 5.41) is 21.0. The second kappa shape index (κ2) is 6.43. The van der Waals surface area contributed by atoms with Gasteiger partial charge in [-0.1, -0.05) is 27.7 Å². The van der Waals surface area contributed by atoms with Gasteiger partial charge in [0.05, 0.1) is 0 Å². The smallest absolute Gasteiger partial charge is 0.163 e. The van der Waals surface area contributed by atoms with Crippen LogP contribution in [-0.2, 0) is 14.4 Å². The fourth-order valence-corrected chi connectivity index (χ4v) is 4.03. The van der Waals surface area contributed by atoms with Crippen LogP contribution in [0.2, 0.25) is 0 Å². The summed E-state index contributed by atoms with van der Waals surface area (Å²) in [6.45, 7) is 8.95. The molecule has 0 saturated heterocycles. The van der Waals surface area contributed by atoms with E-state index < -0.39 is 5.92 Å².